The topological polar surface area (TPSA) is 108 Å². The number of allylic oxidation sites excluding steroid dienone is 1. The molecule has 0 aliphatic rings. The minimum absolute atomic E-state index is 0.0288. The van der Waals surface area contributed by atoms with Gasteiger partial charge in [-0.1, -0.05) is 19.9 Å². The third-order valence-electron chi connectivity index (χ3n) is 2.50. The van der Waals surface area contributed by atoms with Crippen LogP contribution in [0.3, 0.4) is 0 Å². The molecule has 6 nitrogen and oxygen atoms in total. The third kappa shape index (κ3) is 4.35. The summed E-state index contributed by atoms with van der Waals surface area (Å²) >= 11 is 0. The molecule has 0 bridgehead atoms. The summed E-state index contributed by atoms with van der Waals surface area (Å²) < 4.78 is 4.91. The first-order valence-electron chi connectivity index (χ1n) is 6.21. The number of rotatable bonds is 5. The molecule has 0 aliphatic heterocycles. The van der Waals surface area contributed by atoms with E-state index in [9.17, 15) is 14.7 Å². The van der Waals surface area contributed by atoms with Crippen molar-refractivity contribution in [2.45, 2.75) is 13.8 Å². The van der Waals surface area contributed by atoms with Crippen LogP contribution in [0.25, 0.3) is 5.57 Å². The summed E-state index contributed by atoms with van der Waals surface area (Å²) in [5.74, 6) is -2.46. The lowest BCUT2D eigenvalue weighted by molar-refractivity contribution is -0.138. The zero-order chi connectivity index (χ0) is 16.0. The highest BCUT2D eigenvalue weighted by atomic mass is 16.5. The molecule has 0 atom stereocenters. The Morgan fingerprint density at radius 2 is 2.00 bits per heavy atom. The molecule has 0 heterocycles. The summed E-state index contributed by atoms with van der Waals surface area (Å²) in [6, 6.07) is 5.68. The number of carboxylic acids is 1. The summed E-state index contributed by atoms with van der Waals surface area (Å²) in [4.78, 5) is 22.5. The molecule has 1 rings (SSSR count). The van der Waals surface area contributed by atoms with E-state index in [0.29, 0.717) is 0 Å². The van der Waals surface area contributed by atoms with Crippen LogP contribution in [-0.2, 0) is 9.53 Å². The third-order valence-corrected chi connectivity index (χ3v) is 2.50. The van der Waals surface area contributed by atoms with Gasteiger partial charge in [0.25, 0.3) is 0 Å². The van der Waals surface area contributed by atoms with Crippen molar-refractivity contribution in [3.8, 4) is 11.8 Å². The molecule has 0 aliphatic carbocycles. The number of aromatic hydroxyl groups is 1. The Labute approximate surface area is 121 Å². The summed E-state index contributed by atoms with van der Waals surface area (Å²) in [7, 11) is 0. The predicted octanol–water partition coefficient (Wildman–Crippen LogP) is 2.20. The number of para-hydroxylation sites is 1. The zero-order valence-electron chi connectivity index (χ0n) is 11.7. The number of carboxylic acid groups (broad SMARTS) is 1. The van der Waals surface area contributed by atoms with Crippen molar-refractivity contribution in [1.82, 2.24) is 0 Å². The van der Waals surface area contributed by atoms with Crippen LogP contribution in [-0.4, -0.2) is 28.8 Å². The summed E-state index contributed by atoms with van der Waals surface area (Å²) in [6.45, 7) is 3.93. The smallest absolute Gasteiger partial charge is 0.339 e. The van der Waals surface area contributed by atoms with Crippen LogP contribution in [0, 0.1) is 17.2 Å². The highest BCUT2D eigenvalue weighted by molar-refractivity contribution is 5.99. The van der Waals surface area contributed by atoms with Crippen LogP contribution in [0.1, 0.15) is 29.8 Å². The van der Waals surface area contributed by atoms with E-state index in [1.165, 1.54) is 18.2 Å². The van der Waals surface area contributed by atoms with Gasteiger partial charge in [-0.25, -0.2) is 9.59 Å². The number of carbonyl (C=O) groups is 2. The molecule has 0 fully saturated rings. The van der Waals surface area contributed by atoms with Crippen LogP contribution < -0.4 is 0 Å². The Morgan fingerprint density at radius 3 is 2.52 bits per heavy atom. The molecule has 0 aromatic heterocycles. The van der Waals surface area contributed by atoms with Crippen molar-refractivity contribution in [2.75, 3.05) is 6.61 Å². The Morgan fingerprint density at radius 1 is 1.38 bits per heavy atom. The van der Waals surface area contributed by atoms with E-state index in [0.717, 1.165) is 6.08 Å². The van der Waals surface area contributed by atoms with Gasteiger partial charge >= 0.3 is 11.9 Å². The van der Waals surface area contributed by atoms with Crippen molar-refractivity contribution in [2.24, 2.45) is 5.92 Å². The Balaban J connectivity index is 3.12. The average Bonchev–Trinajstić information content (AvgIpc) is 2.42. The van der Waals surface area contributed by atoms with E-state index >= 15 is 0 Å². The second kappa shape index (κ2) is 7.10. The molecule has 21 heavy (non-hydrogen) atoms. The maximum absolute atomic E-state index is 11.6. The van der Waals surface area contributed by atoms with E-state index in [1.54, 1.807) is 6.07 Å². The molecule has 0 saturated heterocycles. The number of nitriles is 1. The highest BCUT2D eigenvalue weighted by Gasteiger charge is 2.16. The fourth-order valence-electron chi connectivity index (χ4n) is 1.51. The first kappa shape index (κ1) is 16.2. The van der Waals surface area contributed by atoms with Crippen LogP contribution in [0.2, 0.25) is 0 Å². The summed E-state index contributed by atoms with van der Waals surface area (Å²) in [5, 5.41) is 27.9. The van der Waals surface area contributed by atoms with Crippen molar-refractivity contribution in [3.05, 3.63) is 35.4 Å². The van der Waals surface area contributed by atoms with Gasteiger partial charge in [-0.3, -0.25) is 0 Å². The number of esters is 1. The molecular weight excluding hydrogens is 274 g/mol. The lowest BCUT2D eigenvalue weighted by Gasteiger charge is -2.07. The van der Waals surface area contributed by atoms with Crippen LogP contribution >= 0.6 is 0 Å². The van der Waals surface area contributed by atoms with E-state index in [2.05, 4.69) is 0 Å². The number of ether oxygens (including phenoxy) is 1. The predicted molar refractivity (Wildman–Crippen MR) is 74.5 cm³/mol. The maximum atomic E-state index is 11.6. The van der Waals surface area contributed by atoms with Crippen molar-refractivity contribution < 1.29 is 24.5 Å². The fraction of sp³-hybridized carbons (Fsp3) is 0.267. The van der Waals surface area contributed by atoms with Gasteiger partial charge in [0.15, 0.2) is 0 Å². The van der Waals surface area contributed by atoms with Gasteiger partial charge in [0.1, 0.15) is 17.4 Å². The van der Waals surface area contributed by atoms with E-state index in [1.807, 2.05) is 13.8 Å². The molecule has 110 valence electrons. The number of hydrogen-bond acceptors (Lipinski definition) is 5. The average molecular weight is 289 g/mol. The van der Waals surface area contributed by atoms with Crippen LogP contribution in [0.15, 0.2) is 24.3 Å². The van der Waals surface area contributed by atoms with Crippen molar-refractivity contribution in [3.63, 3.8) is 0 Å². The van der Waals surface area contributed by atoms with Crippen LogP contribution in [0.4, 0.5) is 0 Å². The zero-order valence-corrected chi connectivity index (χ0v) is 11.7. The molecule has 0 saturated carbocycles. The summed E-state index contributed by atoms with van der Waals surface area (Å²) in [5.41, 5.74) is -0.535. The maximum Gasteiger partial charge on any atom is 0.339 e. The number of carbonyl (C=O) groups excluding carboxylic acids is 1. The lowest BCUT2D eigenvalue weighted by atomic mass is 10.0. The molecule has 1 aromatic carbocycles. The van der Waals surface area contributed by atoms with Crippen molar-refractivity contribution >= 4 is 17.5 Å². The monoisotopic (exact) mass is 289 g/mol. The van der Waals surface area contributed by atoms with Crippen LogP contribution in [0.5, 0.6) is 5.75 Å². The molecule has 1 aromatic rings. The quantitative estimate of drug-likeness (QED) is 0.488. The van der Waals surface area contributed by atoms with E-state index in [4.69, 9.17) is 15.1 Å². The minimum atomic E-state index is -1.32. The fourth-order valence-corrected chi connectivity index (χ4v) is 1.51. The van der Waals surface area contributed by atoms with Crippen molar-refractivity contribution in [1.29, 1.82) is 5.26 Å². The second-order valence-electron chi connectivity index (χ2n) is 4.70. The Hall–Kier alpha value is -2.81. The standard InChI is InChI=1S/C15H15NO5/c1-9(2)8-21-13(17)6-10(7-16)11-4-3-5-12(14(11)18)15(19)20/h3-6,9,18H,8H2,1-2H3,(H,19,20). The van der Waals surface area contributed by atoms with Gasteiger partial charge in [0.05, 0.1) is 12.2 Å². The second-order valence-corrected chi connectivity index (χ2v) is 4.70. The molecule has 0 amide bonds. The van der Waals surface area contributed by atoms with Gasteiger partial charge in [0.2, 0.25) is 0 Å². The largest absolute Gasteiger partial charge is 0.506 e. The Bertz CT molecular complexity index is 625. The first-order chi connectivity index (χ1) is 9.86. The summed E-state index contributed by atoms with van der Waals surface area (Å²) in [6.07, 6.45) is 0.934. The molecule has 0 spiro atoms. The Kier molecular flexibility index (Phi) is 5.49. The molecular formula is C15H15NO5. The SMILES string of the molecule is CC(C)COC(=O)C=C(C#N)c1cccc(C(=O)O)c1O. The van der Waals surface area contributed by atoms with Gasteiger partial charge in [-0.05, 0) is 18.1 Å². The lowest BCUT2D eigenvalue weighted by Crippen LogP contribution is -2.08. The van der Waals surface area contributed by atoms with Gasteiger partial charge in [-0.15, -0.1) is 0 Å². The molecule has 6 heteroatoms. The van der Waals surface area contributed by atoms with Gasteiger partial charge in [-0.2, -0.15) is 5.26 Å². The van der Waals surface area contributed by atoms with Gasteiger partial charge in [0, 0.05) is 11.6 Å². The number of nitrogens with zero attached hydrogens (tertiary/aromatic N) is 1. The molecule has 2 N–H and O–H groups in total. The van der Waals surface area contributed by atoms with E-state index < -0.39 is 17.7 Å². The highest BCUT2D eigenvalue weighted by Crippen LogP contribution is 2.28. The number of aromatic carboxylic acids is 1. The van der Waals surface area contributed by atoms with Gasteiger partial charge < -0.3 is 14.9 Å². The first-order valence-corrected chi connectivity index (χ1v) is 6.21. The molecule has 0 radical (unpaired) electrons. The van der Waals surface area contributed by atoms with E-state index in [-0.39, 0.29) is 29.2 Å². The normalized spacial score (nSPS) is 11.0. The number of phenols is 1. The number of benzene rings is 1. The number of hydrogen-bond donors (Lipinski definition) is 2. The molecule has 0 unspecified atom stereocenters. The minimum Gasteiger partial charge on any atom is -0.506 e.